The van der Waals surface area contributed by atoms with Gasteiger partial charge in [0.15, 0.2) is 0 Å². The SMILES string of the molecule is O=[N+]([O-])c1ccc(O)c(N=Nc2ccc(N3CCCCC3)cc2O)c1. The van der Waals surface area contributed by atoms with Crippen LogP contribution in [-0.2, 0) is 0 Å². The number of phenols is 2. The Morgan fingerprint density at radius 3 is 2.32 bits per heavy atom. The first-order valence-electron chi connectivity index (χ1n) is 8.02. The van der Waals surface area contributed by atoms with E-state index < -0.39 is 4.92 Å². The van der Waals surface area contributed by atoms with E-state index in [0.29, 0.717) is 0 Å². The van der Waals surface area contributed by atoms with Gasteiger partial charge in [0.05, 0.1) is 4.92 Å². The van der Waals surface area contributed by atoms with Crippen LogP contribution in [-0.4, -0.2) is 28.2 Å². The lowest BCUT2D eigenvalue weighted by molar-refractivity contribution is -0.384. The molecule has 0 saturated carbocycles. The van der Waals surface area contributed by atoms with Crippen LogP contribution in [0.2, 0.25) is 0 Å². The lowest BCUT2D eigenvalue weighted by atomic mass is 10.1. The molecular formula is C17H18N4O4. The highest BCUT2D eigenvalue weighted by Crippen LogP contribution is 2.35. The number of piperidine rings is 1. The highest BCUT2D eigenvalue weighted by molar-refractivity contribution is 5.62. The van der Waals surface area contributed by atoms with Crippen LogP contribution in [0.25, 0.3) is 0 Å². The van der Waals surface area contributed by atoms with E-state index >= 15 is 0 Å². The molecule has 0 spiro atoms. The number of nitro benzene ring substituents is 1. The van der Waals surface area contributed by atoms with Crippen LogP contribution < -0.4 is 4.90 Å². The lowest BCUT2D eigenvalue weighted by Gasteiger charge is -2.28. The Bertz CT molecular complexity index is 816. The van der Waals surface area contributed by atoms with Crippen LogP contribution in [0.1, 0.15) is 19.3 Å². The van der Waals surface area contributed by atoms with Crippen molar-refractivity contribution in [2.24, 2.45) is 10.2 Å². The minimum absolute atomic E-state index is 0.0308. The molecule has 1 heterocycles. The fraction of sp³-hybridized carbons (Fsp3) is 0.294. The Labute approximate surface area is 144 Å². The molecule has 0 unspecified atom stereocenters. The van der Waals surface area contributed by atoms with Crippen molar-refractivity contribution < 1.29 is 15.1 Å². The maximum absolute atomic E-state index is 10.8. The predicted molar refractivity (Wildman–Crippen MR) is 93.1 cm³/mol. The molecular weight excluding hydrogens is 324 g/mol. The van der Waals surface area contributed by atoms with E-state index in [-0.39, 0.29) is 28.6 Å². The van der Waals surface area contributed by atoms with Gasteiger partial charge in [-0.15, -0.1) is 10.2 Å². The predicted octanol–water partition coefficient (Wildman–Crippen LogP) is 4.41. The maximum Gasteiger partial charge on any atom is 0.271 e. The number of non-ortho nitro benzene ring substituents is 1. The third-order valence-electron chi connectivity index (χ3n) is 4.12. The minimum Gasteiger partial charge on any atom is -0.506 e. The molecule has 2 aromatic rings. The Hall–Kier alpha value is -3.16. The molecule has 130 valence electrons. The molecule has 0 atom stereocenters. The van der Waals surface area contributed by atoms with Gasteiger partial charge in [-0.25, -0.2) is 0 Å². The second-order valence-electron chi connectivity index (χ2n) is 5.85. The topological polar surface area (TPSA) is 112 Å². The van der Waals surface area contributed by atoms with Gasteiger partial charge >= 0.3 is 0 Å². The number of nitro groups is 1. The molecule has 1 aliphatic heterocycles. The first-order valence-corrected chi connectivity index (χ1v) is 8.02. The van der Waals surface area contributed by atoms with E-state index in [1.54, 1.807) is 12.1 Å². The molecule has 8 nitrogen and oxygen atoms in total. The summed E-state index contributed by atoms with van der Waals surface area (Å²) in [6.07, 6.45) is 3.49. The van der Waals surface area contributed by atoms with E-state index in [2.05, 4.69) is 15.1 Å². The van der Waals surface area contributed by atoms with Gasteiger partial charge < -0.3 is 15.1 Å². The maximum atomic E-state index is 10.8. The highest BCUT2D eigenvalue weighted by atomic mass is 16.6. The molecule has 8 heteroatoms. The number of rotatable bonds is 4. The van der Waals surface area contributed by atoms with E-state index in [1.165, 1.54) is 18.6 Å². The average molecular weight is 342 g/mol. The summed E-state index contributed by atoms with van der Waals surface area (Å²) < 4.78 is 0. The Balaban J connectivity index is 1.82. The molecule has 0 radical (unpaired) electrons. The first-order chi connectivity index (χ1) is 12.0. The number of hydrogen-bond acceptors (Lipinski definition) is 7. The van der Waals surface area contributed by atoms with Crippen LogP contribution >= 0.6 is 0 Å². The summed E-state index contributed by atoms with van der Waals surface area (Å²) in [7, 11) is 0. The highest BCUT2D eigenvalue weighted by Gasteiger charge is 2.13. The number of nitrogens with zero attached hydrogens (tertiary/aromatic N) is 4. The van der Waals surface area contributed by atoms with Crippen LogP contribution in [0.3, 0.4) is 0 Å². The fourth-order valence-electron chi connectivity index (χ4n) is 2.76. The quantitative estimate of drug-likeness (QED) is 0.485. The van der Waals surface area contributed by atoms with Gasteiger partial charge in [-0.2, -0.15) is 0 Å². The van der Waals surface area contributed by atoms with Crippen LogP contribution in [0, 0.1) is 10.1 Å². The molecule has 2 aromatic carbocycles. The Kier molecular flexibility index (Phi) is 4.78. The van der Waals surface area contributed by atoms with E-state index in [1.807, 2.05) is 6.07 Å². The van der Waals surface area contributed by atoms with Gasteiger partial charge in [-0.3, -0.25) is 10.1 Å². The Morgan fingerprint density at radius 2 is 1.64 bits per heavy atom. The largest absolute Gasteiger partial charge is 0.506 e. The molecule has 1 aliphatic rings. The van der Waals surface area contributed by atoms with E-state index in [0.717, 1.165) is 37.7 Å². The summed E-state index contributed by atoms with van der Waals surface area (Å²) >= 11 is 0. The molecule has 0 amide bonds. The van der Waals surface area contributed by atoms with Gasteiger partial charge in [0.1, 0.15) is 22.9 Å². The average Bonchev–Trinajstić information content (AvgIpc) is 2.62. The van der Waals surface area contributed by atoms with Crippen molar-refractivity contribution in [1.29, 1.82) is 0 Å². The number of azo groups is 1. The molecule has 3 rings (SSSR count). The second kappa shape index (κ2) is 7.16. The standard InChI is InChI=1S/C17H18N4O4/c22-16-7-5-13(21(24)25)10-15(16)19-18-14-6-4-12(11-17(14)23)20-8-2-1-3-9-20/h4-7,10-11,22-23H,1-3,8-9H2. The van der Waals surface area contributed by atoms with Crippen LogP contribution in [0.4, 0.5) is 22.7 Å². The molecule has 0 bridgehead atoms. The summed E-state index contributed by atoms with van der Waals surface area (Å²) in [5.74, 6) is -0.254. The summed E-state index contributed by atoms with van der Waals surface area (Å²) in [6.45, 7) is 1.92. The smallest absolute Gasteiger partial charge is 0.271 e. The molecule has 1 fully saturated rings. The molecule has 2 N–H and O–H groups in total. The number of benzene rings is 2. The monoisotopic (exact) mass is 342 g/mol. The Morgan fingerprint density at radius 1 is 0.920 bits per heavy atom. The number of aromatic hydroxyl groups is 2. The van der Waals surface area contributed by atoms with Crippen molar-refractivity contribution in [1.82, 2.24) is 0 Å². The fourth-order valence-corrected chi connectivity index (χ4v) is 2.76. The van der Waals surface area contributed by atoms with Crippen molar-refractivity contribution in [3.8, 4) is 11.5 Å². The normalized spacial score (nSPS) is 14.8. The lowest BCUT2D eigenvalue weighted by Crippen LogP contribution is -2.29. The third-order valence-corrected chi connectivity index (χ3v) is 4.12. The molecule has 1 saturated heterocycles. The van der Waals surface area contributed by atoms with Gasteiger partial charge in [0.25, 0.3) is 5.69 Å². The number of phenolic OH excluding ortho intramolecular Hbond substituents is 2. The molecule has 0 aliphatic carbocycles. The van der Waals surface area contributed by atoms with Crippen molar-refractivity contribution in [2.45, 2.75) is 19.3 Å². The zero-order chi connectivity index (χ0) is 17.8. The van der Waals surface area contributed by atoms with Gasteiger partial charge in [-0.1, -0.05) is 0 Å². The zero-order valence-corrected chi connectivity index (χ0v) is 13.5. The first kappa shape index (κ1) is 16.7. The van der Waals surface area contributed by atoms with Crippen LogP contribution in [0.5, 0.6) is 11.5 Å². The third kappa shape index (κ3) is 3.85. The number of hydrogen-bond donors (Lipinski definition) is 2. The van der Waals surface area contributed by atoms with E-state index in [9.17, 15) is 20.3 Å². The van der Waals surface area contributed by atoms with Crippen LogP contribution in [0.15, 0.2) is 46.6 Å². The second-order valence-corrected chi connectivity index (χ2v) is 5.85. The van der Waals surface area contributed by atoms with Crippen molar-refractivity contribution in [3.63, 3.8) is 0 Å². The molecule has 25 heavy (non-hydrogen) atoms. The van der Waals surface area contributed by atoms with E-state index in [4.69, 9.17) is 0 Å². The zero-order valence-electron chi connectivity index (χ0n) is 13.5. The summed E-state index contributed by atoms with van der Waals surface area (Å²) in [6, 6.07) is 8.61. The van der Waals surface area contributed by atoms with Gasteiger partial charge in [0, 0.05) is 37.0 Å². The molecule has 0 aromatic heterocycles. The minimum atomic E-state index is -0.580. The summed E-state index contributed by atoms with van der Waals surface area (Å²) in [4.78, 5) is 12.4. The van der Waals surface area contributed by atoms with Gasteiger partial charge in [-0.05, 0) is 37.5 Å². The van der Waals surface area contributed by atoms with Crippen molar-refractivity contribution in [3.05, 3.63) is 46.5 Å². The number of anilines is 1. The summed E-state index contributed by atoms with van der Waals surface area (Å²) in [5.41, 5.74) is 0.922. The summed E-state index contributed by atoms with van der Waals surface area (Å²) in [5, 5.41) is 38.4. The van der Waals surface area contributed by atoms with Crippen molar-refractivity contribution >= 4 is 22.7 Å². The van der Waals surface area contributed by atoms with Crippen molar-refractivity contribution in [2.75, 3.05) is 18.0 Å². The van der Waals surface area contributed by atoms with Gasteiger partial charge in [0.2, 0.25) is 0 Å².